The Hall–Kier alpha value is -2.14. The van der Waals surface area contributed by atoms with Crippen molar-refractivity contribution in [1.82, 2.24) is 14.9 Å². The molecular weight excluding hydrogens is 274 g/mol. The van der Waals surface area contributed by atoms with Crippen molar-refractivity contribution in [2.45, 2.75) is 13.8 Å². The van der Waals surface area contributed by atoms with Crippen LogP contribution in [0.5, 0.6) is 0 Å². The first kappa shape index (κ1) is 14.8. The van der Waals surface area contributed by atoms with E-state index >= 15 is 0 Å². The maximum Gasteiger partial charge on any atom is 0.229 e. The Morgan fingerprint density at radius 1 is 1.05 bits per heavy atom. The molecule has 22 heavy (non-hydrogen) atoms. The molecule has 116 valence electrons. The van der Waals surface area contributed by atoms with Gasteiger partial charge in [0.15, 0.2) is 0 Å². The lowest BCUT2D eigenvalue weighted by atomic mass is 10.3. The van der Waals surface area contributed by atoms with Gasteiger partial charge in [-0.2, -0.15) is 4.98 Å². The number of rotatable bonds is 4. The van der Waals surface area contributed by atoms with Crippen LogP contribution in [-0.2, 0) is 0 Å². The first-order valence-electron chi connectivity index (χ1n) is 7.89. The van der Waals surface area contributed by atoms with Crippen LogP contribution >= 0.6 is 0 Å². The Morgan fingerprint density at radius 2 is 1.77 bits per heavy atom. The van der Waals surface area contributed by atoms with Gasteiger partial charge >= 0.3 is 0 Å². The van der Waals surface area contributed by atoms with E-state index < -0.39 is 0 Å². The summed E-state index contributed by atoms with van der Waals surface area (Å²) in [6.07, 6.45) is 0. The molecule has 1 saturated heterocycles. The maximum atomic E-state index is 4.69. The van der Waals surface area contributed by atoms with Gasteiger partial charge in [-0.15, -0.1) is 0 Å². The average molecular weight is 297 g/mol. The molecule has 1 aromatic carbocycles. The molecule has 0 bridgehead atoms. The number of hydrogen-bond acceptors (Lipinski definition) is 5. The summed E-state index contributed by atoms with van der Waals surface area (Å²) < 4.78 is 0. The van der Waals surface area contributed by atoms with Gasteiger partial charge in [0.05, 0.1) is 0 Å². The van der Waals surface area contributed by atoms with Crippen molar-refractivity contribution < 1.29 is 0 Å². The Labute approximate surface area is 132 Å². The third-order valence-corrected chi connectivity index (χ3v) is 4.01. The third-order valence-electron chi connectivity index (χ3n) is 4.01. The quantitative estimate of drug-likeness (QED) is 0.940. The predicted molar refractivity (Wildman–Crippen MR) is 90.8 cm³/mol. The summed E-state index contributed by atoms with van der Waals surface area (Å²) in [7, 11) is 0. The van der Waals surface area contributed by atoms with E-state index in [4.69, 9.17) is 0 Å². The van der Waals surface area contributed by atoms with Gasteiger partial charge in [0.1, 0.15) is 5.82 Å². The molecule has 1 fully saturated rings. The molecule has 1 aromatic heterocycles. The zero-order chi connectivity index (χ0) is 15.4. The van der Waals surface area contributed by atoms with Gasteiger partial charge < -0.3 is 15.1 Å². The summed E-state index contributed by atoms with van der Waals surface area (Å²) in [5, 5.41) is 3.28. The summed E-state index contributed by atoms with van der Waals surface area (Å²) >= 11 is 0. The number of aromatic nitrogens is 2. The number of aryl methyl sites for hydroxylation is 1. The number of nitrogens with one attached hydrogen (secondary N) is 1. The van der Waals surface area contributed by atoms with Gasteiger partial charge in [0, 0.05) is 43.6 Å². The molecule has 0 radical (unpaired) electrons. The second-order valence-electron chi connectivity index (χ2n) is 5.60. The molecule has 0 atom stereocenters. The summed E-state index contributed by atoms with van der Waals surface area (Å²) in [6.45, 7) is 9.60. The van der Waals surface area contributed by atoms with Crippen molar-refractivity contribution >= 4 is 17.5 Å². The fourth-order valence-corrected chi connectivity index (χ4v) is 2.71. The first-order chi connectivity index (χ1) is 10.7. The number of piperazine rings is 1. The molecular formula is C17H23N5. The van der Waals surface area contributed by atoms with Crippen molar-refractivity contribution in [3.05, 3.63) is 42.1 Å². The molecule has 5 nitrogen and oxygen atoms in total. The molecule has 0 saturated carbocycles. The Balaban J connectivity index is 1.75. The highest BCUT2D eigenvalue weighted by Crippen LogP contribution is 2.19. The standard InChI is InChI=1S/C17H23N5/c1-3-21-9-11-22(12-10-21)16-13-14(2)18-17(20-16)19-15-7-5-4-6-8-15/h4-8,13H,3,9-12H2,1-2H3,(H,18,19,20). The summed E-state index contributed by atoms with van der Waals surface area (Å²) in [5.74, 6) is 1.68. The van der Waals surface area contributed by atoms with Gasteiger partial charge in [-0.05, 0) is 25.6 Å². The molecule has 0 unspecified atom stereocenters. The lowest BCUT2D eigenvalue weighted by molar-refractivity contribution is 0.270. The van der Waals surface area contributed by atoms with E-state index in [2.05, 4.69) is 38.1 Å². The highest BCUT2D eigenvalue weighted by molar-refractivity contribution is 5.55. The molecule has 2 aromatic rings. The predicted octanol–water partition coefficient (Wildman–Crippen LogP) is 2.67. The summed E-state index contributed by atoms with van der Waals surface area (Å²) in [4.78, 5) is 14.0. The molecule has 5 heteroatoms. The molecule has 2 heterocycles. The van der Waals surface area contributed by atoms with Crippen LogP contribution in [0.4, 0.5) is 17.5 Å². The van der Waals surface area contributed by atoms with Crippen molar-refractivity contribution in [2.75, 3.05) is 42.9 Å². The maximum absolute atomic E-state index is 4.69. The number of benzene rings is 1. The number of hydrogen-bond donors (Lipinski definition) is 1. The normalized spacial score (nSPS) is 15.8. The van der Waals surface area contributed by atoms with Gasteiger partial charge in [0.2, 0.25) is 5.95 Å². The van der Waals surface area contributed by atoms with Crippen LogP contribution in [0, 0.1) is 6.92 Å². The third kappa shape index (κ3) is 3.54. The Morgan fingerprint density at radius 3 is 2.45 bits per heavy atom. The molecule has 1 N–H and O–H groups in total. The minimum atomic E-state index is 0.666. The fraction of sp³-hybridized carbons (Fsp3) is 0.412. The summed E-state index contributed by atoms with van der Waals surface area (Å²) in [5.41, 5.74) is 2.00. The Kier molecular flexibility index (Phi) is 4.53. The van der Waals surface area contributed by atoms with Gasteiger partial charge in [-0.25, -0.2) is 4.98 Å². The van der Waals surface area contributed by atoms with Gasteiger partial charge in [-0.1, -0.05) is 25.1 Å². The van der Waals surface area contributed by atoms with Gasteiger partial charge in [0.25, 0.3) is 0 Å². The number of likely N-dealkylation sites (N-methyl/N-ethyl adjacent to an activating group) is 1. The largest absolute Gasteiger partial charge is 0.354 e. The minimum absolute atomic E-state index is 0.666. The van der Waals surface area contributed by atoms with E-state index in [1.165, 1.54) is 0 Å². The Bertz CT molecular complexity index is 606. The molecule has 0 amide bonds. The topological polar surface area (TPSA) is 44.3 Å². The van der Waals surface area contributed by atoms with Crippen LogP contribution in [0.3, 0.4) is 0 Å². The molecule has 3 rings (SSSR count). The molecule has 1 aliphatic heterocycles. The minimum Gasteiger partial charge on any atom is -0.354 e. The molecule has 0 aliphatic carbocycles. The van der Waals surface area contributed by atoms with Crippen LogP contribution in [0.25, 0.3) is 0 Å². The number of para-hydroxylation sites is 1. The average Bonchev–Trinajstić information content (AvgIpc) is 2.55. The zero-order valence-electron chi connectivity index (χ0n) is 13.3. The first-order valence-corrected chi connectivity index (χ1v) is 7.89. The van der Waals surface area contributed by atoms with Crippen LogP contribution in [-0.4, -0.2) is 47.6 Å². The highest BCUT2D eigenvalue weighted by atomic mass is 15.3. The lowest BCUT2D eigenvalue weighted by Gasteiger charge is -2.34. The van der Waals surface area contributed by atoms with Crippen LogP contribution < -0.4 is 10.2 Å². The van der Waals surface area contributed by atoms with Crippen LogP contribution in [0.2, 0.25) is 0 Å². The highest BCUT2D eigenvalue weighted by Gasteiger charge is 2.17. The zero-order valence-corrected chi connectivity index (χ0v) is 13.3. The fourth-order valence-electron chi connectivity index (χ4n) is 2.71. The second kappa shape index (κ2) is 6.75. The van der Waals surface area contributed by atoms with Crippen molar-refractivity contribution in [1.29, 1.82) is 0 Å². The van der Waals surface area contributed by atoms with E-state index in [0.29, 0.717) is 5.95 Å². The van der Waals surface area contributed by atoms with Crippen LogP contribution in [0.1, 0.15) is 12.6 Å². The van der Waals surface area contributed by atoms with Gasteiger partial charge in [-0.3, -0.25) is 0 Å². The van der Waals surface area contributed by atoms with E-state index in [1.54, 1.807) is 0 Å². The number of anilines is 3. The molecule has 1 aliphatic rings. The number of nitrogens with zero attached hydrogens (tertiary/aromatic N) is 4. The molecule has 0 spiro atoms. The monoisotopic (exact) mass is 297 g/mol. The SMILES string of the molecule is CCN1CCN(c2cc(C)nc(Nc3ccccc3)n2)CC1. The van der Waals surface area contributed by atoms with Crippen LogP contribution in [0.15, 0.2) is 36.4 Å². The van der Waals surface area contributed by atoms with E-state index in [-0.39, 0.29) is 0 Å². The van der Waals surface area contributed by atoms with E-state index in [1.807, 2.05) is 37.3 Å². The van der Waals surface area contributed by atoms with E-state index in [9.17, 15) is 0 Å². The summed E-state index contributed by atoms with van der Waals surface area (Å²) in [6, 6.07) is 12.1. The second-order valence-corrected chi connectivity index (χ2v) is 5.60. The van der Waals surface area contributed by atoms with Crippen molar-refractivity contribution in [3.8, 4) is 0 Å². The van der Waals surface area contributed by atoms with E-state index in [0.717, 1.165) is 49.9 Å². The van der Waals surface area contributed by atoms with Crippen molar-refractivity contribution in [3.63, 3.8) is 0 Å². The lowest BCUT2D eigenvalue weighted by Crippen LogP contribution is -2.46. The van der Waals surface area contributed by atoms with Crippen molar-refractivity contribution in [2.24, 2.45) is 0 Å². The smallest absolute Gasteiger partial charge is 0.229 e.